The van der Waals surface area contributed by atoms with E-state index in [0.29, 0.717) is 17.7 Å². The van der Waals surface area contributed by atoms with Gasteiger partial charge in [0.15, 0.2) is 11.2 Å². The maximum Gasteiger partial charge on any atom is 0.283 e. The Morgan fingerprint density at radius 3 is 2.62 bits per heavy atom. The van der Waals surface area contributed by atoms with Gasteiger partial charge in [0.1, 0.15) is 19.4 Å². The number of quaternary nitrogens is 1. The van der Waals surface area contributed by atoms with Crippen LogP contribution < -0.4 is 10.5 Å². The van der Waals surface area contributed by atoms with Gasteiger partial charge in [0.05, 0.1) is 32.0 Å². The Morgan fingerprint density at radius 1 is 1.15 bits per heavy atom. The van der Waals surface area contributed by atoms with Gasteiger partial charge in [-0.25, -0.2) is 4.98 Å². The van der Waals surface area contributed by atoms with E-state index in [0.717, 1.165) is 49.7 Å². The van der Waals surface area contributed by atoms with E-state index >= 15 is 0 Å². The number of hydrogen-bond acceptors (Lipinski definition) is 5. The molecule has 1 aliphatic rings. The molecule has 0 aliphatic carbocycles. The van der Waals surface area contributed by atoms with Crippen molar-refractivity contribution in [2.24, 2.45) is 0 Å². The van der Waals surface area contributed by atoms with Crippen LogP contribution in [0.25, 0.3) is 16.9 Å². The Kier molecular flexibility index (Phi) is 4.52. The van der Waals surface area contributed by atoms with Crippen molar-refractivity contribution in [1.82, 2.24) is 24.5 Å². The van der Waals surface area contributed by atoms with E-state index in [2.05, 4.69) is 21.4 Å². The molecule has 0 radical (unpaired) electrons. The number of rotatable bonds is 4. The van der Waals surface area contributed by atoms with Crippen molar-refractivity contribution < 1.29 is 9.64 Å². The molecular weight excluding hydrogens is 332 g/mol. The summed E-state index contributed by atoms with van der Waals surface area (Å²) >= 11 is 0. The van der Waals surface area contributed by atoms with Crippen LogP contribution in [0, 0.1) is 13.8 Å². The maximum absolute atomic E-state index is 12.8. The quantitative estimate of drug-likeness (QED) is 0.683. The van der Waals surface area contributed by atoms with Gasteiger partial charge in [-0.1, -0.05) is 11.3 Å². The zero-order chi connectivity index (χ0) is 18.1. The lowest BCUT2D eigenvalue weighted by Gasteiger charge is -2.23. The summed E-state index contributed by atoms with van der Waals surface area (Å²) in [6.07, 6.45) is 1.60. The molecule has 1 fully saturated rings. The second-order valence-electron chi connectivity index (χ2n) is 6.87. The molecule has 3 heterocycles. The minimum absolute atomic E-state index is 0.140. The maximum atomic E-state index is 12.8. The zero-order valence-corrected chi connectivity index (χ0v) is 15.1. The molecule has 0 amide bonds. The molecule has 1 aromatic carbocycles. The molecule has 1 aliphatic heterocycles. The Bertz CT molecular complexity index is 967. The van der Waals surface area contributed by atoms with Gasteiger partial charge in [-0.3, -0.25) is 9.36 Å². The topological polar surface area (TPSA) is 79.3 Å². The summed E-state index contributed by atoms with van der Waals surface area (Å²) in [5.41, 5.74) is 3.79. The Hall–Kier alpha value is -2.58. The molecule has 0 bridgehead atoms. The predicted molar refractivity (Wildman–Crippen MR) is 96.8 cm³/mol. The lowest BCUT2D eigenvalue weighted by Crippen LogP contribution is -3.14. The number of morpholine rings is 1. The van der Waals surface area contributed by atoms with Gasteiger partial charge < -0.3 is 9.64 Å². The van der Waals surface area contributed by atoms with E-state index < -0.39 is 0 Å². The zero-order valence-electron chi connectivity index (χ0n) is 15.1. The molecule has 1 saturated heterocycles. The van der Waals surface area contributed by atoms with Crippen LogP contribution in [0.2, 0.25) is 0 Å². The van der Waals surface area contributed by atoms with Crippen LogP contribution in [0.15, 0.2) is 29.3 Å². The summed E-state index contributed by atoms with van der Waals surface area (Å²) in [5.74, 6) is 0. The molecule has 4 rings (SSSR count). The minimum atomic E-state index is -0.140. The first-order valence-corrected chi connectivity index (χ1v) is 8.92. The first kappa shape index (κ1) is 16.9. The van der Waals surface area contributed by atoms with Gasteiger partial charge in [0, 0.05) is 0 Å². The second-order valence-corrected chi connectivity index (χ2v) is 6.87. The molecule has 0 spiro atoms. The fourth-order valence-electron chi connectivity index (χ4n) is 3.44. The van der Waals surface area contributed by atoms with Gasteiger partial charge >= 0.3 is 0 Å². The number of aryl methyl sites for hydroxylation is 2. The van der Waals surface area contributed by atoms with Crippen molar-refractivity contribution in [2.45, 2.75) is 20.4 Å². The standard InChI is InChI=1S/C18H22N6O2/c1-13-9-14(2)11-15(10-13)24-17-16(20-21-24)18(25)23(12-19-17)4-3-22-5-7-26-8-6-22/h9-12H,3-8H2,1-2H3/p+1. The Labute approximate surface area is 151 Å². The second kappa shape index (κ2) is 6.97. The number of fused-ring (bicyclic) bond motifs is 1. The lowest BCUT2D eigenvalue weighted by molar-refractivity contribution is -0.908. The average Bonchev–Trinajstić information content (AvgIpc) is 3.06. The van der Waals surface area contributed by atoms with Crippen molar-refractivity contribution in [1.29, 1.82) is 0 Å². The van der Waals surface area contributed by atoms with Gasteiger partial charge in [0.2, 0.25) is 0 Å². The Balaban J connectivity index is 1.63. The smallest absolute Gasteiger partial charge is 0.283 e. The summed E-state index contributed by atoms with van der Waals surface area (Å²) in [6.45, 7) is 9.08. The van der Waals surface area contributed by atoms with E-state index in [1.165, 1.54) is 4.90 Å². The monoisotopic (exact) mass is 355 g/mol. The summed E-state index contributed by atoms with van der Waals surface area (Å²) in [4.78, 5) is 18.7. The summed E-state index contributed by atoms with van der Waals surface area (Å²) < 4.78 is 8.64. The van der Waals surface area contributed by atoms with Crippen LogP contribution in [0.5, 0.6) is 0 Å². The highest BCUT2D eigenvalue weighted by molar-refractivity contribution is 5.70. The Morgan fingerprint density at radius 2 is 1.88 bits per heavy atom. The van der Waals surface area contributed by atoms with Crippen LogP contribution in [-0.4, -0.2) is 57.4 Å². The van der Waals surface area contributed by atoms with Crippen molar-refractivity contribution in [3.05, 3.63) is 46.0 Å². The number of aromatic nitrogens is 5. The van der Waals surface area contributed by atoms with E-state index in [9.17, 15) is 4.79 Å². The van der Waals surface area contributed by atoms with E-state index in [4.69, 9.17) is 4.74 Å². The van der Waals surface area contributed by atoms with Gasteiger partial charge in [0.25, 0.3) is 5.56 Å². The van der Waals surface area contributed by atoms with E-state index in [-0.39, 0.29) is 5.56 Å². The third kappa shape index (κ3) is 3.25. The van der Waals surface area contributed by atoms with Crippen molar-refractivity contribution >= 4 is 11.2 Å². The molecule has 0 saturated carbocycles. The third-order valence-electron chi connectivity index (χ3n) is 4.79. The van der Waals surface area contributed by atoms with Crippen LogP contribution in [0.3, 0.4) is 0 Å². The highest BCUT2D eigenvalue weighted by Crippen LogP contribution is 2.15. The molecule has 0 atom stereocenters. The van der Waals surface area contributed by atoms with Gasteiger partial charge in [-0.15, -0.1) is 5.10 Å². The number of ether oxygens (including phenoxy) is 1. The van der Waals surface area contributed by atoms with E-state index in [1.807, 2.05) is 26.0 Å². The normalized spacial score (nSPS) is 15.6. The van der Waals surface area contributed by atoms with Gasteiger partial charge in [-0.2, -0.15) is 4.68 Å². The lowest BCUT2D eigenvalue weighted by atomic mass is 10.1. The molecule has 136 valence electrons. The fourth-order valence-corrected chi connectivity index (χ4v) is 3.44. The third-order valence-corrected chi connectivity index (χ3v) is 4.79. The van der Waals surface area contributed by atoms with Crippen molar-refractivity contribution in [3.63, 3.8) is 0 Å². The fraction of sp³-hybridized carbons (Fsp3) is 0.444. The van der Waals surface area contributed by atoms with Gasteiger partial charge in [-0.05, 0) is 37.1 Å². The van der Waals surface area contributed by atoms with Crippen LogP contribution in [0.4, 0.5) is 0 Å². The van der Waals surface area contributed by atoms with Crippen LogP contribution in [0.1, 0.15) is 11.1 Å². The molecule has 1 N–H and O–H groups in total. The van der Waals surface area contributed by atoms with E-state index in [1.54, 1.807) is 15.6 Å². The largest absolute Gasteiger partial charge is 0.370 e. The number of benzene rings is 1. The molecule has 0 unspecified atom stereocenters. The summed E-state index contributed by atoms with van der Waals surface area (Å²) in [7, 11) is 0. The number of nitrogens with one attached hydrogen (secondary N) is 1. The predicted octanol–water partition coefficient (Wildman–Crippen LogP) is -0.491. The molecule has 3 aromatic rings. The molecular formula is C18H23N6O2+. The first-order chi connectivity index (χ1) is 12.6. The average molecular weight is 355 g/mol. The SMILES string of the molecule is Cc1cc(C)cc(-n2nnc3c(=O)n(CC[NH+]4CCOCC4)cnc32)c1. The number of nitrogens with zero attached hydrogens (tertiary/aromatic N) is 5. The molecule has 8 heteroatoms. The summed E-state index contributed by atoms with van der Waals surface area (Å²) in [5, 5.41) is 8.27. The minimum Gasteiger partial charge on any atom is -0.370 e. The molecule has 2 aromatic heterocycles. The highest BCUT2D eigenvalue weighted by atomic mass is 16.5. The number of hydrogen-bond donors (Lipinski definition) is 1. The van der Waals surface area contributed by atoms with Crippen LogP contribution >= 0.6 is 0 Å². The first-order valence-electron chi connectivity index (χ1n) is 8.92. The van der Waals surface area contributed by atoms with Crippen molar-refractivity contribution in [2.75, 3.05) is 32.8 Å². The van der Waals surface area contributed by atoms with Crippen molar-refractivity contribution in [3.8, 4) is 5.69 Å². The summed E-state index contributed by atoms with van der Waals surface area (Å²) in [6, 6.07) is 6.11. The van der Waals surface area contributed by atoms with Crippen LogP contribution in [-0.2, 0) is 11.3 Å². The molecule has 26 heavy (non-hydrogen) atoms. The molecule has 8 nitrogen and oxygen atoms in total. The highest BCUT2D eigenvalue weighted by Gasteiger charge is 2.16.